The van der Waals surface area contributed by atoms with Gasteiger partial charge in [0.15, 0.2) is 0 Å². The smallest absolute Gasteiger partial charge is 0.317 e. The highest BCUT2D eigenvalue weighted by Crippen LogP contribution is 2.21. The van der Waals surface area contributed by atoms with Crippen LogP contribution in [-0.4, -0.2) is 46.4 Å². The largest absolute Gasteiger partial charge is 0.480 e. The molecule has 0 bridgehead atoms. The zero-order valence-electron chi connectivity index (χ0n) is 13.7. The highest BCUT2D eigenvalue weighted by atomic mass is 35.5. The van der Waals surface area contributed by atoms with Crippen LogP contribution in [0.3, 0.4) is 0 Å². The Kier molecular flexibility index (Phi) is 9.60. The van der Waals surface area contributed by atoms with E-state index in [0.29, 0.717) is 18.8 Å². The number of non-ortho nitro benzene ring substituents is 1. The Bertz CT molecular complexity index is 594. The van der Waals surface area contributed by atoms with E-state index in [1.54, 1.807) is 17.9 Å². The number of carbonyl (C=O) groups is 2. The number of hydrogen-bond donors (Lipinski definition) is 2. The second kappa shape index (κ2) is 10.6. The summed E-state index contributed by atoms with van der Waals surface area (Å²) in [4.78, 5) is 34.7. The predicted molar refractivity (Wildman–Crippen MR) is 92.7 cm³/mol. The molecule has 24 heavy (non-hydrogen) atoms. The fourth-order valence-electron chi connectivity index (χ4n) is 2.11. The third-order valence-corrected chi connectivity index (χ3v) is 3.26. The first-order valence-electron chi connectivity index (χ1n) is 7.32. The molecule has 0 aliphatic heterocycles. The van der Waals surface area contributed by atoms with Crippen LogP contribution in [0.5, 0.6) is 0 Å². The summed E-state index contributed by atoms with van der Waals surface area (Å²) >= 11 is 0. The Hall–Kier alpha value is -2.19. The summed E-state index contributed by atoms with van der Waals surface area (Å²) in [6.07, 6.45) is 0.911. The SMILES string of the molecule is CCCN(CCC(=O)Nc1cc([N+](=O)[O-])ccc1C)CC(=O)O.Cl. The minimum absolute atomic E-state index is 0. The topological polar surface area (TPSA) is 113 Å². The Morgan fingerprint density at radius 1 is 1.33 bits per heavy atom. The van der Waals surface area contributed by atoms with Gasteiger partial charge in [-0.1, -0.05) is 13.0 Å². The van der Waals surface area contributed by atoms with Crippen LogP contribution in [0.2, 0.25) is 0 Å². The van der Waals surface area contributed by atoms with Crippen LogP contribution >= 0.6 is 12.4 Å². The number of nitrogens with one attached hydrogen (secondary N) is 1. The van der Waals surface area contributed by atoms with Crippen molar-refractivity contribution in [1.29, 1.82) is 0 Å². The van der Waals surface area contributed by atoms with Gasteiger partial charge < -0.3 is 10.4 Å². The molecule has 1 amide bonds. The number of benzene rings is 1. The van der Waals surface area contributed by atoms with Gasteiger partial charge in [0.25, 0.3) is 5.69 Å². The van der Waals surface area contributed by atoms with Crippen LogP contribution in [0, 0.1) is 17.0 Å². The maximum Gasteiger partial charge on any atom is 0.317 e. The van der Waals surface area contributed by atoms with Gasteiger partial charge in [-0.05, 0) is 25.5 Å². The standard InChI is InChI=1S/C15H21N3O5.ClH/c1-3-7-17(10-15(20)21)8-6-14(19)16-13-9-12(18(22)23)5-4-11(13)2;/h4-5,9H,3,6-8,10H2,1-2H3,(H,16,19)(H,20,21);1H. The molecule has 0 fully saturated rings. The molecule has 8 nitrogen and oxygen atoms in total. The fraction of sp³-hybridized carbons (Fsp3) is 0.467. The quantitative estimate of drug-likeness (QED) is 0.517. The van der Waals surface area contributed by atoms with Crippen LogP contribution in [0.15, 0.2) is 18.2 Å². The van der Waals surface area contributed by atoms with Crippen molar-refractivity contribution in [3.8, 4) is 0 Å². The number of halogens is 1. The van der Waals surface area contributed by atoms with Crippen LogP contribution in [-0.2, 0) is 9.59 Å². The second-order valence-electron chi connectivity index (χ2n) is 5.22. The zero-order chi connectivity index (χ0) is 17.4. The predicted octanol–water partition coefficient (Wildman–Crippen LogP) is 2.45. The van der Waals surface area contributed by atoms with E-state index in [0.717, 1.165) is 12.0 Å². The molecule has 0 heterocycles. The van der Waals surface area contributed by atoms with E-state index >= 15 is 0 Å². The molecule has 1 aromatic carbocycles. The molecule has 0 unspecified atom stereocenters. The molecular formula is C15H22ClN3O5. The van der Waals surface area contributed by atoms with Gasteiger partial charge in [0.1, 0.15) is 0 Å². The minimum Gasteiger partial charge on any atom is -0.480 e. The lowest BCUT2D eigenvalue weighted by Crippen LogP contribution is -2.33. The highest BCUT2D eigenvalue weighted by molar-refractivity contribution is 5.92. The van der Waals surface area contributed by atoms with Gasteiger partial charge in [0.05, 0.1) is 17.2 Å². The normalized spacial score (nSPS) is 10.1. The molecule has 9 heteroatoms. The number of nitrogens with zero attached hydrogens (tertiary/aromatic N) is 2. The molecule has 2 N–H and O–H groups in total. The number of aliphatic carboxylic acids is 1. The van der Waals surface area contributed by atoms with Crippen molar-refractivity contribution in [3.63, 3.8) is 0 Å². The van der Waals surface area contributed by atoms with Crippen molar-refractivity contribution in [1.82, 2.24) is 4.90 Å². The molecule has 0 saturated heterocycles. The molecule has 1 rings (SSSR count). The van der Waals surface area contributed by atoms with Gasteiger partial charge in [-0.2, -0.15) is 0 Å². The number of carbonyl (C=O) groups excluding carboxylic acids is 1. The summed E-state index contributed by atoms with van der Waals surface area (Å²) in [6.45, 7) is 4.47. The summed E-state index contributed by atoms with van der Waals surface area (Å²) in [5.74, 6) is -1.24. The molecule has 0 radical (unpaired) electrons. The van der Waals surface area contributed by atoms with E-state index in [-0.39, 0.29) is 37.0 Å². The van der Waals surface area contributed by atoms with E-state index < -0.39 is 10.9 Å². The summed E-state index contributed by atoms with van der Waals surface area (Å²) in [5, 5.41) is 22.2. The molecule has 0 aliphatic carbocycles. The Labute approximate surface area is 146 Å². The van der Waals surface area contributed by atoms with Crippen LogP contribution in [0.1, 0.15) is 25.3 Å². The fourth-order valence-corrected chi connectivity index (χ4v) is 2.11. The summed E-state index contributed by atoms with van der Waals surface area (Å²) in [7, 11) is 0. The molecule has 0 atom stereocenters. The maximum atomic E-state index is 12.0. The van der Waals surface area contributed by atoms with Crippen molar-refractivity contribution in [2.24, 2.45) is 0 Å². The number of nitro groups is 1. The molecule has 0 aliphatic rings. The lowest BCUT2D eigenvalue weighted by atomic mass is 10.1. The van der Waals surface area contributed by atoms with E-state index in [4.69, 9.17) is 5.11 Å². The number of nitro benzene ring substituents is 1. The molecule has 0 spiro atoms. The van der Waals surface area contributed by atoms with Crippen molar-refractivity contribution >= 4 is 35.7 Å². The maximum absolute atomic E-state index is 12.0. The van der Waals surface area contributed by atoms with E-state index in [1.165, 1.54) is 12.1 Å². The van der Waals surface area contributed by atoms with E-state index in [9.17, 15) is 19.7 Å². The number of anilines is 1. The number of aryl methyl sites for hydroxylation is 1. The number of hydrogen-bond acceptors (Lipinski definition) is 5. The molecule has 134 valence electrons. The van der Waals surface area contributed by atoms with Crippen molar-refractivity contribution in [2.45, 2.75) is 26.7 Å². The van der Waals surface area contributed by atoms with Crippen molar-refractivity contribution in [2.75, 3.05) is 25.0 Å². The number of carboxylic acids is 1. The number of rotatable bonds is 9. The summed E-state index contributed by atoms with van der Waals surface area (Å²) < 4.78 is 0. The van der Waals surface area contributed by atoms with Crippen LogP contribution in [0.4, 0.5) is 11.4 Å². The third-order valence-electron chi connectivity index (χ3n) is 3.26. The number of carboxylic acid groups (broad SMARTS) is 1. The van der Waals surface area contributed by atoms with Gasteiger partial charge in [-0.25, -0.2) is 0 Å². The molecule has 0 saturated carbocycles. The van der Waals surface area contributed by atoms with Crippen molar-refractivity contribution in [3.05, 3.63) is 33.9 Å². The van der Waals surface area contributed by atoms with Gasteiger partial charge in [0.2, 0.25) is 5.91 Å². The van der Waals surface area contributed by atoms with Gasteiger partial charge >= 0.3 is 5.97 Å². The van der Waals surface area contributed by atoms with Gasteiger partial charge in [-0.15, -0.1) is 12.4 Å². The zero-order valence-corrected chi connectivity index (χ0v) is 14.5. The average molecular weight is 360 g/mol. The third kappa shape index (κ3) is 7.38. The highest BCUT2D eigenvalue weighted by Gasteiger charge is 2.13. The average Bonchev–Trinajstić information content (AvgIpc) is 2.46. The monoisotopic (exact) mass is 359 g/mol. The van der Waals surface area contributed by atoms with Crippen LogP contribution in [0.25, 0.3) is 0 Å². The number of amides is 1. The minimum atomic E-state index is -0.937. The lowest BCUT2D eigenvalue weighted by molar-refractivity contribution is -0.384. The Morgan fingerprint density at radius 2 is 2.00 bits per heavy atom. The second-order valence-corrected chi connectivity index (χ2v) is 5.22. The van der Waals surface area contributed by atoms with Crippen molar-refractivity contribution < 1.29 is 19.6 Å². The first-order chi connectivity index (χ1) is 10.8. The molecule has 1 aromatic rings. The molecule has 0 aromatic heterocycles. The van der Waals surface area contributed by atoms with Crippen LogP contribution < -0.4 is 5.32 Å². The van der Waals surface area contributed by atoms with Gasteiger partial charge in [0, 0.05) is 25.1 Å². The van der Waals surface area contributed by atoms with E-state index in [1.807, 2.05) is 6.92 Å². The molecular weight excluding hydrogens is 338 g/mol. The Balaban J connectivity index is 0.00000529. The lowest BCUT2D eigenvalue weighted by Gasteiger charge is -2.19. The summed E-state index contributed by atoms with van der Waals surface area (Å²) in [5.41, 5.74) is 1.02. The van der Waals surface area contributed by atoms with E-state index in [2.05, 4.69) is 5.32 Å². The first kappa shape index (κ1) is 21.8. The summed E-state index contributed by atoms with van der Waals surface area (Å²) in [6, 6.07) is 4.26. The van der Waals surface area contributed by atoms with Gasteiger partial charge in [-0.3, -0.25) is 24.6 Å². The first-order valence-corrected chi connectivity index (χ1v) is 7.32. The Morgan fingerprint density at radius 3 is 2.54 bits per heavy atom.